The summed E-state index contributed by atoms with van der Waals surface area (Å²) in [5.74, 6) is 0.204. The molecule has 0 amide bonds. The molecule has 0 saturated heterocycles. The number of carbonyl (C=O) groups is 1. The zero-order valence-electron chi connectivity index (χ0n) is 13.0. The first-order chi connectivity index (χ1) is 11.3. The molecule has 1 aromatic heterocycles. The molecule has 1 heterocycles. The Hall–Kier alpha value is -1.81. The van der Waals surface area contributed by atoms with Gasteiger partial charge < -0.3 is 0 Å². The van der Waals surface area contributed by atoms with Crippen LogP contribution in [0.5, 0.6) is 0 Å². The molecule has 24 heavy (non-hydrogen) atoms. The zero-order chi connectivity index (χ0) is 17.7. The van der Waals surface area contributed by atoms with Crippen LogP contribution in [0.15, 0.2) is 12.3 Å². The fourth-order valence-corrected chi connectivity index (χ4v) is 2.91. The molecule has 0 N–H and O–H groups in total. The molecule has 1 unspecified atom stereocenters. The second-order valence-corrected chi connectivity index (χ2v) is 6.35. The van der Waals surface area contributed by atoms with Crippen molar-refractivity contribution in [1.82, 2.24) is 4.98 Å². The van der Waals surface area contributed by atoms with Crippen LogP contribution in [-0.2, 0) is 17.4 Å². The van der Waals surface area contributed by atoms with Gasteiger partial charge in [-0.15, -0.1) is 0 Å². The number of Topliss-reactive ketones (excluding diaryl/α,β-unsaturated/α-hetero) is 1. The van der Waals surface area contributed by atoms with Crippen LogP contribution in [-0.4, -0.2) is 16.1 Å². The maximum Gasteiger partial charge on any atom is 0.419 e. The summed E-state index contributed by atoms with van der Waals surface area (Å²) in [5, 5.41) is 10.3. The molecule has 1 aliphatic carbocycles. The summed E-state index contributed by atoms with van der Waals surface area (Å²) in [6.45, 7) is 0. The van der Waals surface area contributed by atoms with Crippen LogP contribution in [0.1, 0.15) is 48.9 Å². The van der Waals surface area contributed by atoms with Crippen LogP contribution in [0.2, 0.25) is 0 Å². The maximum absolute atomic E-state index is 12.9. The fourth-order valence-electron chi connectivity index (χ4n) is 2.68. The Kier molecular flexibility index (Phi) is 6.05. The van der Waals surface area contributed by atoms with Crippen LogP contribution < -0.4 is 0 Å². The van der Waals surface area contributed by atoms with Crippen LogP contribution in [0, 0.1) is 23.2 Å². The lowest BCUT2D eigenvalue weighted by Crippen LogP contribution is -2.24. The molecule has 1 saturated carbocycles. The second-order valence-electron chi connectivity index (χ2n) is 6.08. The molecule has 0 spiro atoms. The number of pyridine rings is 1. The molecule has 128 valence electrons. The number of nitriles is 1. The van der Waals surface area contributed by atoms with E-state index < -0.39 is 17.4 Å². The highest BCUT2D eigenvalue weighted by Crippen LogP contribution is 2.32. The topological polar surface area (TPSA) is 53.8 Å². The second kappa shape index (κ2) is 7.84. The third-order valence-electron chi connectivity index (χ3n) is 4.38. The molecule has 0 radical (unpaired) electrons. The standard InChI is InChI=1S/C17H17F3N2OS/c18-17(19,20)14-6-11(9-22-15(14)8-21)4-5-12(10-24)7-16(23)13-2-1-3-13/h6,9-10,12-13H,1-5,7H2. The third-order valence-corrected chi connectivity index (χ3v) is 4.76. The summed E-state index contributed by atoms with van der Waals surface area (Å²) < 4.78 is 38.8. The lowest BCUT2D eigenvalue weighted by atomic mass is 9.79. The Balaban J connectivity index is 2.01. The number of aromatic nitrogens is 1. The highest BCUT2D eigenvalue weighted by atomic mass is 32.1. The molecular weight excluding hydrogens is 337 g/mol. The lowest BCUT2D eigenvalue weighted by Gasteiger charge is -2.25. The molecule has 1 aromatic rings. The molecular formula is C17H17F3N2OS. The Morgan fingerprint density at radius 2 is 2.21 bits per heavy atom. The number of hydrogen-bond acceptors (Lipinski definition) is 4. The minimum absolute atomic E-state index is 0.127. The largest absolute Gasteiger partial charge is 0.419 e. The molecule has 0 bridgehead atoms. The van der Waals surface area contributed by atoms with Crippen molar-refractivity contribution in [2.45, 2.75) is 44.7 Å². The molecule has 3 nitrogen and oxygen atoms in total. The number of nitrogens with zero attached hydrogens (tertiary/aromatic N) is 2. The number of carbonyl (C=O) groups excluding carboxylic acids is 1. The summed E-state index contributed by atoms with van der Waals surface area (Å²) in [4.78, 5) is 15.6. The smallest absolute Gasteiger partial charge is 0.299 e. The van der Waals surface area contributed by atoms with E-state index in [1.54, 1.807) is 0 Å². The van der Waals surface area contributed by atoms with Gasteiger partial charge in [-0.2, -0.15) is 18.4 Å². The van der Waals surface area contributed by atoms with E-state index >= 15 is 0 Å². The predicted molar refractivity (Wildman–Crippen MR) is 86.4 cm³/mol. The number of rotatable bonds is 7. The van der Waals surface area contributed by atoms with Crippen LogP contribution >= 0.6 is 12.2 Å². The van der Waals surface area contributed by atoms with Crippen molar-refractivity contribution in [2.75, 3.05) is 0 Å². The van der Waals surface area contributed by atoms with Crippen LogP contribution in [0.4, 0.5) is 13.2 Å². The zero-order valence-corrected chi connectivity index (χ0v) is 13.8. The Morgan fingerprint density at radius 3 is 2.71 bits per heavy atom. The first-order valence-electron chi connectivity index (χ1n) is 7.79. The van der Waals surface area contributed by atoms with Crippen molar-refractivity contribution in [1.29, 1.82) is 5.26 Å². The quantitative estimate of drug-likeness (QED) is 0.686. The Bertz CT molecular complexity index is 663. The average Bonchev–Trinajstić information content (AvgIpc) is 2.48. The van der Waals surface area contributed by atoms with Crippen molar-refractivity contribution in [3.8, 4) is 6.07 Å². The lowest BCUT2D eigenvalue weighted by molar-refractivity contribution is -0.138. The van der Waals surface area contributed by atoms with Gasteiger partial charge in [0.1, 0.15) is 11.9 Å². The summed E-state index contributed by atoms with van der Waals surface area (Å²) in [7, 11) is 0. The number of aryl methyl sites for hydroxylation is 1. The number of halogens is 3. The van der Waals surface area contributed by atoms with E-state index in [9.17, 15) is 18.0 Å². The van der Waals surface area contributed by atoms with Crippen LogP contribution in [0.25, 0.3) is 0 Å². The van der Waals surface area contributed by atoms with Gasteiger partial charge in [0.05, 0.1) is 5.56 Å². The first kappa shape index (κ1) is 18.5. The monoisotopic (exact) mass is 354 g/mol. The minimum atomic E-state index is -4.61. The van der Waals surface area contributed by atoms with Gasteiger partial charge in [0.15, 0.2) is 5.69 Å². The normalized spacial score (nSPS) is 16.1. The van der Waals surface area contributed by atoms with Gasteiger partial charge in [0.25, 0.3) is 0 Å². The summed E-state index contributed by atoms with van der Waals surface area (Å²) in [5.41, 5.74) is -1.26. The average molecular weight is 354 g/mol. The van der Waals surface area contributed by atoms with Gasteiger partial charge in [-0.25, -0.2) is 4.98 Å². The van der Waals surface area contributed by atoms with Gasteiger partial charge in [-0.3, -0.25) is 4.79 Å². The SMILES string of the molecule is N#Cc1ncc(CCC(C=S)CC(=O)C2CCC2)cc1C(F)(F)F. The van der Waals surface area contributed by atoms with Crippen molar-refractivity contribution in [3.63, 3.8) is 0 Å². The molecule has 1 atom stereocenters. The minimum Gasteiger partial charge on any atom is -0.299 e. The van der Waals surface area contributed by atoms with E-state index in [0.717, 1.165) is 25.3 Å². The maximum atomic E-state index is 12.9. The molecule has 0 aliphatic heterocycles. The predicted octanol–water partition coefficient (Wildman–Crippen LogP) is 4.28. The number of thiocarbonyl (C=S) groups is 1. The number of hydrogen-bond donors (Lipinski definition) is 0. The summed E-state index contributed by atoms with van der Waals surface area (Å²) in [6, 6.07) is 2.42. The van der Waals surface area contributed by atoms with Crippen molar-refractivity contribution < 1.29 is 18.0 Å². The molecule has 1 aliphatic rings. The van der Waals surface area contributed by atoms with Gasteiger partial charge in [-0.05, 0) is 48.6 Å². The summed E-state index contributed by atoms with van der Waals surface area (Å²) >= 11 is 4.96. The van der Waals surface area contributed by atoms with E-state index in [1.165, 1.54) is 17.6 Å². The number of ketones is 1. The number of alkyl halides is 3. The van der Waals surface area contributed by atoms with Crippen molar-refractivity contribution in [2.24, 2.45) is 11.8 Å². The Morgan fingerprint density at radius 1 is 1.50 bits per heavy atom. The molecule has 2 rings (SSSR count). The summed E-state index contributed by atoms with van der Waals surface area (Å²) in [6.07, 6.45) is 0.777. The highest BCUT2D eigenvalue weighted by Gasteiger charge is 2.34. The van der Waals surface area contributed by atoms with E-state index in [1.807, 2.05) is 0 Å². The molecule has 7 heteroatoms. The third kappa shape index (κ3) is 4.60. The van der Waals surface area contributed by atoms with E-state index in [-0.39, 0.29) is 17.6 Å². The van der Waals surface area contributed by atoms with Gasteiger partial charge in [0.2, 0.25) is 0 Å². The molecule has 1 fully saturated rings. The van der Waals surface area contributed by atoms with Crippen LogP contribution in [0.3, 0.4) is 0 Å². The van der Waals surface area contributed by atoms with Crippen molar-refractivity contribution >= 4 is 23.4 Å². The highest BCUT2D eigenvalue weighted by molar-refractivity contribution is 7.79. The fraction of sp³-hybridized carbons (Fsp3) is 0.529. The molecule has 0 aromatic carbocycles. The van der Waals surface area contributed by atoms with E-state index in [0.29, 0.717) is 24.8 Å². The van der Waals surface area contributed by atoms with Gasteiger partial charge >= 0.3 is 6.18 Å². The van der Waals surface area contributed by atoms with Gasteiger partial charge in [-0.1, -0.05) is 18.6 Å². The first-order valence-corrected chi connectivity index (χ1v) is 8.26. The van der Waals surface area contributed by atoms with E-state index in [2.05, 4.69) is 4.98 Å². The van der Waals surface area contributed by atoms with E-state index in [4.69, 9.17) is 17.5 Å². The van der Waals surface area contributed by atoms with Gasteiger partial charge in [0, 0.05) is 18.5 Å². The van der Waals surface area contributed by atoms with Crippen molar-refractivity contribution in [3.05, 3.63) is 29.1 Å². The Labute approximate surface area is 143 Å².